The van der Waals surface area contributed by atoms with E-state index in [1.807, 2.05) is 36.5 Å². The van der Waals surface area contributed by atoms with Crippen LogP contribution in [0.25, 0.3) is 5.69 Å². The van der Waals surface area contributed by atoms with Crippen LogP contribution in [-0.4, -0.2) is 32.5 Å². The number of nitrogens with two attached hydrogens (primary N) is 1. The van der Waals surface area contributed by atoms with Crippen LogP contribution in [0.1, 0.15) is 5.56 Å². The van der Waals surface area contributed by atoms with Gasteiger partial charge >= 0.3 is 6.03 Å². The van der Waals surface area contributed by atoms with Gasteiger partial charge in [-0.3, -0.25) is 14.7 Å². The molecule has 0 unspecified atom stereocenters. The number of primary amides is 1. The molecule has 0 aliphatic carbocycles. The fourth-order valence-corrected chi connectivity index (χ4v) is 2.35. The van der Waals surface area contributed by atoms with Gasteiger partial charge in [-0.05, 0) is 18.6 Å². The van der Waals surface area contributed by atoms with Gasteiger partial charge in [-0.15, -0.1) is 10.2 Å². The minimum Gasteiger partial charge on any atom is -0.351 e. The van der Waals surface area contributed by atoms with Gasteiger partial charge in [0, 0.05) is 0 Å². The first-order valence-corrected chi connectivity index (χ1v) is 6.74. The molecular weight excluding hydrogens is 278 g/mol. The maximum Gasteiger partial charge on any atom is 0.318 e. The van der Waals surface area contributed by atoms with Crippen LogP contribution in [-0.2, 0) is 4.79 Å². The quantitative estimate of drug-likeness (QED) is 0.813. The van der Waals surface area contributed by atoms with Crippen molar-refractivity contribution in [1.29, 1.82) is 0 Å². The molecule has 0 saturated heterocycles. The standard InChI is InChI=1S/C12H13N5O2S/c1-8-4-2-3-5-9(8)17-7-14-16-12(17)20-6-10(18)15-11(13)19/h2-5,7H,6H2,1H3,(H3,13,15,18,19). The first-order valence-electron chi connectivity index (χ1n) is 5.76. The number of aryl methyl sites for hydroxylation is 1. The highest BCUT2D eigenvalue weighted by Crippen LogP contribution is 2.21. The predicted molar refractivity (Wildman–Crippen MR) is 74.5 cm³/mol. The molecule has 1 heterocycles. The number of nitrogens with one attached hydrogen (secondary N) is 1. The number of carbonyl (C=O) groups is 2. The van der Waals surface area contributed by atoms with Crippen LogP contribution < -0.4 is 11.1 Å². The number of hydrogen-bond donors (Lipinski definition) is 2. The van der Waals surface area contributed by atoms with Gasteiger partial charge in [0.25, 0.3) is 0 Å². The molecule has 20 heavy (non-hydrogen) atoms. The zero-order valence-electron chi connectivity index (χ0n) is 10.7. The molecule has 3 N–H and O–H groups in total. The minimum absolute atomic E-state index is 0.0352. The number of amides is 3. The van der Waals surface area contributed by atoms with E-state index in [0.29, 0.717) is 5.16 Å². The largest absolute Gasteiger partial charge is 0.351 e. The lowest BCUT2D eigenvalue weighted by atomic mass is 10.2. The summed E-state index contributed by atoms with van der Waals surface area (Å²) >= 11 is 1.18. The molecule has 104 valence electrons. The van der Waals surface area contributed by atoms with Crippen molar-refractivity contribution in [3.63, 3.8) is 0 Å². The van der Waals surface area contributed by atoms with Crippen LogP contribution in [0.15, 0.2) is 35.7 Å². The molecule has 3 amide bonds. The van der Waals surface area contributed by atoms with Gasteiger partial charge < -0.3 is 5.73 Å². The second kappa shape index (κ2) is 6.20. The second-order valence-electron chi connectivity index (χ2n) is 3.97. The lowest BCUT2D eigenvalue weighted by molar-refractivity contribution is -0.117. The summed E-state index contributed by atoms with van der Waals surface area (Å²) in [5.41, 5.74) is 6.88. The average Bonchev–Trinajstić information content (AvgIpc) is 2.84. The van der Waals surface area contributed by atoms with Crippen LogP contribution in [0.4, 0.5) is 4.79 Å². The number of imide groups is 1. The molecule has 0 fully saturated rings. The molecule has 2 rings (SSSR count). The van der Waals surface area contributed by atoms with Crippen molar-refractivity contribution in [2.45, 2.75) is 12.1 Å². The van der Waals surface area contributed by atoms with Crippen LogP contribution in [0.5, 0.6) is 0 Å². The van der Waals surface area contributed by atoms with Gasteiger partial charge in [0.05, 0.1) is 11.4 Å². The second-order valence-corrected chi connectivity index (χ2v) is 4.91. The van der Waals surface area contributed by atoms with Gasteiger partial charge in [-0.1, -0.05) is 30.0 Å². The summed E-state index contributed by atoms with van der Waals surface area (Å²) in [4.78, 5) is 21.9. The van der Waals surface area contributed by atoms with Gasteiger partial charge in [0.1, 0.15) is 6.33 Å². The summed E-state index contributed by atoms with van der Waals surface area (Å²) in [5, 5.41) is 10.4. The molecule has 0 bridgehead atoms. The third-order valence-corrected chi connectivity index (χ3v) is 3.43. The summed E-state index contributed by atoms with van der Waals surface area (Å²) in [7, 11) is 0. The lowest BCUT2D eigenvalue weighted by Gasteiger charge is -2.08. The van der Waals surface area contributed by atoms with Crippen molar-refractivity contribution in [3.8, 4) is 5.69 Å². The molecule has 0 aliphatic heterocycles. The minimum atomic E-state index is -0.865. The molecule has 1 aromatic carbocycles. The number of hydrogen-bond acceptors (Lipinski definition) is 5. The number of rotatable bonds is 4. The maximum absolute atomic E-state index is 11.4. The fourth-order valence-electron chi connectivity index (χ4n) is 1.63. The van der Waals surface area contributed by atoms with Crippen LogP contribution >= 0.6 is 11.8 Å². The Morgan fingerprint density at radius 3 is 2.85 bits per heavy atom. The number of thioether (sulfide) groups is 1. The molecule has 0 spiro atoms. The molecular formula is C12H13N5O2S. The van der Waals surface area contributed by atoms with Crippen LogP contribution in [0, 0.1) is 6.92 Å². The highest BCUT2D eigenvalue weighted by Gasteiger charge is 2.11. The van der Waals surface area contributed by atoms with Crippen LogP contribution in [0.2, 0.25) is 0 Å². The third-order valence-electron chi connectivity index (χ3n) is 2.49. The highest BCUT2D eigenvalue weighted by molar-refractivity contribution is 7.99. The molecule has 0 saturated carbocycles. The van der Waals surface area contributed by atoms with E-state index < -0.39 is 11.9 Å². The van der Waals surface area contributed by atoms with Gasteiger partial charge in [-0.25, -0.2) is 4.79 Å². The van der Waals surface area contributed by atoms with Gasteiger partial charge in [0.15, 0.2) is 5.16 Å². The number of para-hydroxylation sites is 1. The first-order chi connectivity index (χ1) is 9.58. The van der Waals surface area contributed by atoms with E-state index in [1.165, 1.54) is 11.8 Å². The van der Waals surface area contributed by atoms with Crippen LogP contribution in [0.3, 0.4) is 0 Å². The highest BCUT2D eigenvalue weighted by atomic mass is 32.2. The lowest BCUT2D eigenvalue weighted by Crippen LogP contribution is -2.36. The smallest absolute Gasteiger partial charge is 0.318 e. The van der Waals surface area contributed by atoms with E-state index in [4.69, 9.17) is 5.73 Å². The third kappa shape index (κ3) is 3.35. The zero-order chi connectivity index (χ0) is 14.5. The Morgan fingerprint density at radius 2 is 2.15 bits per heavy atom. The summed E-state index contributed by atoms with van der Waals surface area (Å²) in [6.07, 6.45) is 1.58. The first kappa shape index (κ1) is 14.1. The van der Waals surface area contributed by atoms with Gasteiger partial charge in [-0.2, -0.15) is 0 Å². The Bertz CT molecular complexity index is 640. The summed E-state index contributed by atoms with van der Waals surface area (Å²) in [5.74, 6) is -0.435. The molecule has 7 nitrogen and oxygen atoms in total. The number of benzene rings is 1. The summed E-state index contributed by atoms with van der Waals surface area (Å²) in [6.45, 7) is 1.98. The molecule has 1 aromatic heterocycles. The molecule has 0 atom stereocenters. The van der Waals surface area contributed by atoms with Crippen molar-refractivity contribution in [2.24, 2.45) is 5.73 Å². The number of carbonyl (C=O) groups excluding carboxylic acids is 2. The van der Waals surface area contributed by atoms with Crippen molar-refractivity contribution in [3.05, 3.63) is 36.2 Å². The molecule has 0 aliphatic rings. The topological polar surface area (TPSA) is 103 Å². The summed E-state index contributed by atoms with van der Waals surface area (Å²) in [6, 6.07) is 6.90. The maximum atomic E-state index is 11.4. The fraction of sp³-hybridized carbons (Fsp3) is 0.167. The van der Waals surface area contributed by atoms with Crippen molar-refractivity contribution >= 4 is 23.7 Å². The molecule has 2 aromatic rings. The Balaban J connectivity index is 2.12. The van der Waals surface area contributed by atoms with Crippen molar-refractivity contribution < 1.29 is 9.59 Å². The monoisotopic (exact) mass is 291 g/mol. The van der Waals surface area contributed by atoms with Crippen molar-refractivity contribution in [2.75, 3.05) is 5.75 Å². The number of aromatic nitrogens is 3. The van der Waals surface area contributed by atoms with E-state index >= 15 is 0 Å². The normalized spacial score (nSPS) is 10.2. The Kier molecular flexibility index (Phi) is 4.36. The van der Waals surface area contributed by atoms with E-state index in [-0.39, 0.29) is 5.75 Å². The average molecular weight is 291 g/mol. The van der Waals surface area contributed by atoms with E-state index in [2.05, 4.69) is 10.2 Å². The predicted octanol–water partition coefficient (Wildman–Crippen LogP) is 0.863. The number of urea groups is 1. The Morgan fingerprint density at radius 1 is 1.40 bits per heavy atom. The summed E-state index contributed by atoms with van der Waals surface area (Å²) < 4.78 is 1.79. The number of nitrogens with zero attached hydrogens (tertiary/aromatic N) is 3. The zero-order valence-corrected chi connectivity index (χ0v) is 11.6. The van der Waals surface area contributed by atoms with Gasteiger partial charge in [0.2, 0.25) is 5.91 Å². The van der Waals surface area contributed by atoms with E-state index in [1.54, 1.807) is 10.9 Å². The Hall–Kier alpha value is -2.35. The molecule has 0 radical (unpaired) electrons. The van der Waals surface area contributed by atoms with E-state index in [9.17, 15) is 9.59 Å². The molecule has 8 heteroatoms. The Labute approximate surface area is 119 Å². The van der Waals surface area contributed by atoms with E-state index in [0.717, 1.165) is 11.3 Å². The SMILES string of the molecule is Cc1ccccc1-n1cnnc1SCC(=O)NC(N)=O. The van der Waals surface area contributed by atoms with Crippen molar-refractivity contribution in [1.82, 2.24) is 20.1 Å².